The number of nitrogens with zero attached hydrogens (tertiary/aromatic N) is 2. The maximum Gasteiger partial charge on any atom is 0.255 e. The van der Waals surface area contributed by atoms with Crippen LogP contribution in [-0.2, 0) is 11.3 Å². The number of H-pyrrole nitrogens is 1. The molecular weight excluding hydrogens is 232 g/mol. The normalized spacial score (nSPS) is 28.3. The molecule has 0 aromatic carbocycles. The third kappa shape index (κ3) is 2.07. The fraction of sp³-hybridized carbons (Fsp3) is 0.667. The van der Waals surface area contributed by atoms with E-state index in [9.17, 15) is 4.79 Å². The molecule has 3 rings (SSSR count). The van der Waals surface area contributed by atoms with Crippen LogP contribution in [0.1, 0.15) is 30.3 Å². The van der Waals surface area contributed by atoms with E-state index in [0.29, 0.717) is 17.4 Å². The standard InChI is InChI=1S/C12H18N4O2/c13-4-8-5-14-11(15-12(8)17)10-6-16-3-1-2-9(16)7-18-10/h5,9-10H,1-4,6-7,13H2,(H,14,15,17). The van der Waals surface area contributed by atoms with Crippen molar-refractivity contribution in [3.63, 3.8) is 0 Å². The van der Waals surface area contributed by atoms with Crippen LogP contribution in [-0.4, -0.2) is 40.6 Å². The lowest BCUT2D eigenvalue weighted by atomic mass is 10.2. The maximum atomic E-state index is 11.7. The molecule has 1 aromatic rings. The van der Waals surface area contributed by atoms with E-state index >= 15 is 0 Å². The van der Waals surface area contributed by atoms with E-state index in [4.69, 9.17) is 10.5 Å². The minimum absolute atomic E-state index is 0.126. The summed E-state index contributed by atoms with van der Waals surface area (Å²) in [6.07, 6.45) is 3.87. The Hall–Kier alpha value is -1.24. The van der Waals surface area contributed by atoms with Gasteiger partial charge in [0.2, 0.25) is 0 Å². The first-order chi connectivity index (χ1) is 8.78. The number of hydrogen-bond donors (Lipinski definition) is 2. The van der Waals surface area contributed by atoms with Gasteiger partial charge in [0.25, 0.3) is 5.56 Å². The number of ether oxygens (including phenoxy) is 1. The smallest absolute Gasteiger partial charge is 0.255 e. The molecule has 0 saturated carbocycles. The van der Waals surface area contributed by atoms with Gasteiger partial charge >= 0.3 is 0 Å². The maximum absolute atomic E-state index is 11.7. The highest BCUT2D eigenvalue weighted by atomic mass is 16.5. The molecule has 0 amide bonds. The van der Waals surface area contributed by atoms with Crippen molar-refractivity contribution in [3.8, 4) is 0 Å². The number of hydrogen-bond acceptors (Lipinski definition) is 5. The summed E-state index contributed by atoms with van der Waals surface area (Å²) >= 11 is 0. The Kier molecular flexibility index (Phi) is 3.15. The van der Waals surface area contributed by atoms with Gasteiger partial charge in [-0.1, -0.05) is 0 Å². The van der Waals surface area contributed by atoms with Gasteiger partial charge in [-0.25, -0.2) is 4.98 Å². The second-order valence-electron chi connectivity index (χ2n) is 4.94. The van der Waals surface area contributed by atoms with Gasteiger partial charge in [-0.15, -0.1) is 0 Å². The number of rotatable bonds is 2. The van der Waals surface area contributed by atoms with Crippen LogP contribution >= 0.6 is 0 Å². The van der Waals surface area contributed by atoms with Crippen LogP contribution in [0.3, 0.4) is 0 Å². The molecule has 2 fully saturated rings. The van der Waals surface area contributed by atoms with Crippen LogP contribution in [0.5, 0.6) is 0 Å². The highest BCUT2D eigenvalue weighted by molar-refractivity contribution is 5.07. The van der Waals surface area contributed by atoms with Gasteiger partial charge in [-0.2, -0.15) is 0 Å². The summed E-state index contributed by atoms with van der Waals surface area (Å²) in [4.78, 5) is 21.2. The molecule has 18 heavy (non-hydrogen) atoms. The summed E-state index contributed by atoms with van der Waals surface area (Å²) in [7, 11) is 0. The van der Waals surface area contributed by atoms with Crippen LogP contribution in [0, 0.1) is 0 Å². The molecule has 0 aliphatic carbocycles. The Morgan fingerprint density at radius 1 is 1.61 bits per heavy atom. The molecule has 3 heterocycles. The molecule has 2 aliphatic rings. The molecule has 0 spiro atoms. The number of nitrogens with two attached hydrogens (primary N) is 1. The molecule has 6 heteroatoms. The van der Waals surface area contributed by atoms with E-state index in [2.05, 4.69) is 14.9 Å². The second kappa shape index (κ2) is 4.79. The van der Waals surface area contributed by atoms with Crippen molar-refractivity contribution in [2.75, 3.05) is 19.7 Å². The molecule has 2 unspecified atom stereocenters. The van der Waals surface area contributed by atoms with Crippen LogP contribution in [0.4, 0.5) is 0 Å². The van der Waals surface area contributed by atoms with Crippen LogP contribution in [0.25, 0.3) is 0 Å². The average molecular weight is 250 g/mol. The van der Waals surface area contributed by atoms with Gasteiger partial charge in [0, 0.05) is 30.9 Å². The Balaban J connectivity index is 1.78. The van der Waals surface area contributed by atoms with Crippen molar-refractivity contribution in [2.45, 2.75) is 31.5 Å². The molecule has 2 aliphatic heterocycles. The lowest BCUT2D eigenvalue weighted by Crippen LogP contribution is -2.43. The quantitative estimate of drug-likeness (QED) is 0.757. The topological polar surface area (TPSA) is 84.2 Å². The third-order valence-electron chi connectivity index (χ3n) is 3.81. The second-order valence-corrected chi connectivity index (χ2v) is 4.94. The summed E-state index contributed by atoms with van der Waals surface area (Å²) in [5.74, 6) is 0.613. The molecule has 1 aromatic heterocycles. The lowest BCUT2D eigenvalue weighted by molar-refractivity contribution is -0.0542. The number of aromatic amines is 1. The largest absolute Gasteiger partial charge is 0.367 e. The fourth-order valence-corrected chi connectivity index (χ4v) is 2.73. The monoisotopic (exact) mass is 250 g/mol. The summed E-state index contributed by atoms with van der Waals surface area (Å²) in [5, 5.41) is 0. The third-order valence-corrected chi connectivity index (χ3v) is 3.81. The number of fused-ring (bicyclic) bond motifs is 1. The van der Waals surface area contributed by atoms with Gasteiger partial charge in [0.1, 0.15) is 11.9 Å². The Morgan fingerprint density at radius 2 is 2.50 bits per heavy atom. The van der Waals surface area contributed by atoms with E-state index in [1.807, 2.05) is 0 Å². The van der Waals surface area contributed by atoms with Gasteiger partial charge in [0.05, 0.1) is 6.61 Å². The summed E-state index contributed by atoms with van der Waals surface area (Å²) in [6, 6.07) is 0.552. The molecule has 98 valence electrons. The molecular formula is C12H18N4O2. The number of morpholine rings is 1. The highest BCUT2D eigenvalue weighted by Crippen LogP contribution is 2.28. The minimum Gasteiger partial charge on any atom is -0.367 e. The van der Waals surface area contributed by atoms with Gasteiger partial charge in [-0.3, -0.25) is 9.69 Å². The molecule has 3 N–H and O–H groups in total. The average Bonchev–Trinajstić information content (AvgIpc) is 2.85. The summed E-state index contributed by atoms with van der Waals surface area (Å²) < 4.78 is 5.80. The minimum atomic E-state index is -0.158. The van der Waals surface area contributed by atoms with E-state index < -0.39 is 0 Å². The number of nitrogens with one attached hydrogen (secondary N) is 1. The predicted octanol–water partition coefficient (Wildman–Crippen LogP) is -0.236. The molecule has 2 atom stereocenters. The van der Waals surface area contributed by atoms with Crippen molar-refractivity contribution >= 4 is 0 Å². The molecule has 0 radical (unpaired) electrons. The van der Waals surface area contributed by atoms with E-state index in [1.54, 1.807) is 6.20 Å². The zero-order valence-corrected chi connectivity index (χ0v) is 10.3. The number of aromatic nitrogens is 2. The molecule has 2 saturated heterocycles. The zero-order chi connectivity index (χ0) is 12.5. The zero-order valence-electron chi connectivity index (χ0n) is 10.3. The summed E-state index contributed by atoms with van der Waals surface area (Å²) in [5.41, 5.74) is 5.80. The van der Waals surface area contributed by atoms with Crippen molar-refractivity contribution in [1.82, 2.24) is 14.9 Å². The van der Waals surface area contributed by atoms with E-state index in [-0.39, 0.29) is 18.2 Å². The molecule has 0 bridgehead atoms. The summed E-state index contributed by atoms with van der Waals surface area (Å²) in [6.45, 7) is 2.88. The van der Waals surface area contributed by atoms with Crippen LogP contribution in [0.2, 0.25) is 0 Å². The van der Waals surface area contributed by atoms with E-state index in [0.717, 1.165) is 19.7 Å². The van der Waals surface area contributed by atoms with Gasteiger partial charge in [-0.05, 0) is 19.4 Å². The van der Waals surface area contributed by atoms with E-state index in [1.165, 1.54) is 12.8 Å². The Morgan fingerprint density at radius 3 is 3.28 bits per heavy atom. The van der Waals surface area contributed by atoms with Gasteiger partial charge < -0.3 is 15.5 Å². The van der Waals surface area contributed by atoms with Crippen molar-refractivity contribution < 1.29 is 4.74 Å². The fourth-order valence-electron chi connectivity index (χ4n) is 2.73. The van der Waals surface area contributed by atoms with Crippen LogP contribution in [0.15, 0.2) is 11.0 Å². The first kappa shape index (κ1) is 11.8. The van der Waals surface area contributed by atoms with Crippen LogP contribution < -0.4 is 11.3 Å². The molecule has 6 nitrogen and oxygen atoms in total. The van der Waals surface area contributed by atoms with Gasteiger partial charge in [0.15, 0.2) is 0 Å². The predicted molar refractivity (Wildman–Crippen MR) is 66.0 cm³/mol. The Labute approximate surface area is 105 Å². The first-order valence-electron chi connectivity index (χ1n) is 6.41. The Bertz CT molecular complexity index is 487. The van der Waals surface area contributed by atoms with Crippen molar-refractivity contribution in [1.29, 1.82) is 0 Å². The first-order valence-corrected chi connectivity index (χ1v) is 6.41. The highest BCUT2D eigenvalue weighted by Gasteiger charge is 2.33. The lowest BCUT2D eigenvalue weighted by Gasteiger charge is -2.34. The van der Waals surface area contributed by atoms with Crippen molar-refractivity contribution in [2.24, 2.45) is 5.73 Å². The van der Waals surface area contributed by atoms with Crippen molar-refractivity contribution in [3.05, 3.63) is 27.9 Å². The SMILES string of the molecule is NCc1cnc(C2CN3CCCC3CO2)[nH]c1=O.